The lowest BCUT2D eigenvalue weighted by atomic mass is 10.1. The minimum absolute atomic E-state index is 0.280. The van der Waals surface area contributed by atoms with E-state index in [0.717, 1.165) is 15.6 Å². The molecule has 5 heteroatoms. The van der Waals surface area contributed by atoms with Crippen molar-refractivity contribution in [2.75, 3.05) is 5.32 Å². The second-order valence-corrected chi connectivity index (χ2v) is 6.15. The second-order valence-electron chi connectivity index (χ2n) is 4.50. The van der Waals surface area contributed by atoms with Crippen LogP contribution in [-0.4, -0.2) is 5.91 Å². The fourth-order valence-corrected chi connectivity index (χ4v) is 2.65. The summed E-state index contributed by atoms with van der Waals surface area (Å²) in [5.41, 5.74) is 3.19. The van der Waals surface area contributed by atoms with Crippen LogP contribution in [0.25, 0.3) is 0 Å². The number of hydrogen-bond acceptors (Lipinski definition) is 1. The molecule has 104 valence electrons. The van der Waals surface area contributed by atoms with Gasteiger partial charge in [-0.1, -0.05) is 15.9 Å². The minimum Gasteiger partial charge on any atom is -0.322 e. The third-order valence-electron chi connectivity index (χ3n) is 2.87. The molecule has 0 aliphatic heterocycles. The molecule has 0 atom stereocenters. The zero-order chi connectivity index (χ0) is 14.9. The van der Waals surface area contributed by atoms with Crippen molar-refractivity contribution in [1.82, 2.24) is 0 Å². The van der Waals surface area contributed by atoms with E-state index in [1.165, 1.54) is 18.2 Å². The Morgan fingerprint density at radius 3 is 2.25 bits per heavy atom. The van der Waals surface area contributed by atoms with E-state index in [9.17, 15) is 9.18 Å². The Morgan fingerprint density at radius 2 is 1.70 bits per heavy atom. The fourth-order valence-electron chi connectivity index (χ4n) is 1.89. The van der Waals surface area contributed by atoms with Crippen LogP contribution in [0.5, 0.6) is 0 Å². The third-order valence-corrected chi connectivity index (χ3v) is 4.78. The van der Waals surface area contributed by atoms with Crippen LogP contribution >= 0.6 is 31.9 Å². The number of hydrogen-bond donors (Lipinski definition) is 1. The molecule has 0 fully saturated rings. The standard InChI is InChI=1S/C15H12Br2FNO/c1-8-5-11(6-9(2)14(8)17)19-15(20)12-4-3-10(18)7-13(12)16/h3-7H,1-2H3,(H,19,20). The molecular weight excluding hydrogens is 389 g/mol. The van der Waals surface area contributed by atoms with Crippen molar-refractivity contribution < 1.29 is 9.18 Å². The van der Waals surface area contributed by atoms with Gasteiger partial charge in [-0.2, -0.15) is 0 Å². The van der Waals surface area contributed by atoms with E-state index in [1.54, 1.807) is 0 Å². The van der Waals surface area contributed by atoms with Gasteiger partial charge in [-0.15, -0.1) is 0 Å². The largest absolute Gasteiger partial charge is 0.322 e. The third kappa shape index (κ3) is 3.27. The number of carbonyl (C=O) groups is 1. The summed E-state index contributed by atoms with van der Waals surface area (Å²) < 4.78 is 14.5. The molecule has 0 saturated heterocycles. The summed E-state index contributed by atoms with van der Waals surface area (Å²) in [6.45, 7) is 3.92. The summed E-state index contributed by atoms with van der Waals surface area (Å²) in [6, 6.07) is 7.75. The molecule has 2 aromatic rings. The monoisotopic (exact) mass is 399 g/mol. The first-order valence-electron chi connectivity index (χ1n) is 5.91. The van der Waals surface area contributed by atoms with Crippen molar-refractivity contribution in [3.8, 4) is 0 Å². The van der Waals surface area contributed by atoms with Gasteiger partial charge in [0.05, 0.1) is 5.56 Å². The van der Waals surface area contributed by atoms with Gasteiger partial charge in [0.25, 0.3) is 5.91 Å². The van der Waals surface area contributed by atoms with Gasteiger partial charge < -0.3 is 5.32 Å². The van der Waals surface area contributed by atoms with Gasteiger partial charge in [0.2, 0.25) is 0 Å². The summed E-state index contributed by atoms with van der Waals surface area (Å²) in [5, 5.41) is 2.82. The maximum Gasteiger partial charge on any atom is 0.256 e. The molecule has 0 saturated carbocycles. The van der Waals surface area contributed by atoms with E-state index in [4.69, 9.17) is 0 Å². The highest BCUT2D eigenvalue weighted by molar-refractivity contribution is 9.10. The summed E-state index contributed by atoms with van der Waals surface area (Å²) >= 11 is 6.68. The molecule has 0 aliphatic rings. The summed E-state index contributed by atoms with van der Waals surface area (Å²) in [5.74, 6) is -0.665. The normalized spacial score (nSPS) is 10.4. The Hall–Kier alpha value is -1.20. The fraction of sp³-hybridized carbons (Fsp3) is 0.133. The first-order valence-corrected chi connectivity index (χ1v) is 7.50. The Morgan fingerprint density at radius 1 is 1.10 bits per heavy atom. The van der Waals surface area contributed by atoms with Gasteiger partial charge in [-0.3, -0.25) is 4.79 Å². The summed E-state index contributed by atoms with van der Waals surface area (Å²) in [6.07, 6.45) is 0. The highest BCUT2D eigenvalue weighted by Crippen LogP contribution is 2.26. The zero-order valence-electron chi connectivity index (χ0n) is 10.9. The van der Waals surface area contributed by atoms with Crippen LogP contribution in [0.2, 0.25) is 0 Å². The Kier molecular flexibility index (Phi) is 4.60. The Labute approximate surface area is 133 Å². The van der Waals surface area contributed by atoms with Crippen LogP contribution in [0.1, 0.15) is 21.5 Å². The summed E-state index contributed by atoms with van der Waals surface area (Å²) in [7, 11) is 0. The lowest BCUT2D eigenvalue weighted by molar-refractivity contribution is 0.102. The molecule has 0 aromatic heterocycles. The molecule has 2 aromatic carbocycles. The molecule has 0 heterocycles. The lowest BCUT2D eigenvalue weighted by Crippen LogP contribution is -2.13. The van der Waals surface area contributed by atoms with Gasteiger partial charge in [-0.25, -0.2) is 4.39 Å². The highest BCUT2D eigenvalue weighted by Gasteiger charge is 2.12. The Balaban J connectivity index is 2.28. The number of amides is 1. The van der Waals surface area contributed by atoms with E-state index in [1.807, 2.05) is 26.0 Å². The maximum atomic E-state index is 13.0. The SMILES string of the molecule is Cc1cc(NC(=O)c2ccc(F)cc2Br)cc(C)c1Br. The first-order chi connectivity index (χ1) is 9.38. The highest BCUT2D eigenvalue weighted by atomic mass is 79.9. The van der Waals surface area contributed by atoms with Gasteiger partial charge in [0.1, 0.15) is 5.82 Å². The predicted octanol–water partition coefficient (Wildman–Crippen LogP) is 5.22. The number of aryl methyl sites for hydroxylation is 2. The van der Waals surface area contributed by atoms with Crippen LogP contribution in [0.4, 0.5) is 10.1 Å². The molecule has 2 rings (SSSR count). The van der Waals surface area contributed by atoms with E-state index < -0.39 is 0 Å². The number of carbonyl (C=O) groups excluding carboxylic acids is 1. The summed E-state index contributed by atoms with van der Waals surface area (Å²) in [4.78, 5) is 12.2. The van der Waals surface area contributed by atoms with Crippen molar-refractivity contribution in [2.45, 2.75) is 13.8 Å². The van der Waals surface area contributed by atoms with Crippen molar-refractivity contribution in [3.63, 3.8) is 0 Å². The number of rotatable bonds is 2. The van der Waals surface area contributed by atoms with Gasteiger partial charge in [0.15, 0.2) is 0 Å². The Bertz CT molecular complexity index is 663. The van der Waals surface area contributed by atoms with Crippen molar-refractivity contribution in [1.29, 1.82) is 0 Å². The molecule has 0 bridgehead atoms. The topological polar surface area (TPSA) is 29.1 Å². The van der Waals surface area contributed by atoms with Crippen LogP contribution < -0.4 is 5.32 Å². The molecule has 1 amide bonds. The molecule has 20 heavy (non-hydrogen) atoms. The van der Waals surface area contributed by atoms with Gasteiger partial charge >= 0.3 is 0 Å². The lowest BCUT2D eigenvalue weighted by Gasteiger charge is -2.10. The smallest absolute Gasteiger partial charge is 0.256 e. The number of nitrogens with one attached hydrogen (secondary N) is 1. The molecule has 2 nitrogen and oxygen atoms in total. The molecule has 0 unspecified atom stereocenters. The number of halogens is 3. The van der Waals surface area contributed by atoms with Crippen LogP contribution in [0.15, 0.2) is 39.3 Å². The van der Waals surface area contributed by atoms with Crippen molar-refractivity contribution in [3.05, 3.63) is 61.8 Å². The predicted molar refractivity (Wildman–Crippen MR) is 85.7 cm³/mol. The van der Waals surface area contributed by atoms with Crippen LogP contribution in [0.3, 0.4) is 0 Å². The maximum absolute atomic E-state index is 13.0. The van der Waals surface area contributed by atoms with E-state index in [-0.39, 0.29) is 11.7 Å². The zero-order valence-corrected chi connectivity index (χ0v) is 14.1. The van der Waals surface area contributed by atoms with E-state index in [0.29, 0.717) is 15.7 Å². The van der Waals surface area contributed by atoms with Gasteiger partial charge in [-0.05, 0) is 71.2 Å². The molecule has 0 spiro atoms. The van der Waals surface area contributed by atoms with E-state index in [2.05, 4.69) is 37.2 Å². The second kappa shape index (κ2) is 6.06. The van der Waals surface area contributed by atoms with Crippen LogP contribution in [0, 0.1) is 19.7 Å². The van der Waals surface area contributed by atoms with E-state index >= 15 is 0 Å². The molecular formula is C15H12Br2FNO. The quantitative estimate of drug-likeness (QED) is 0.735. The average molecular weight is 401 g/mol. The minimum atomic E-state index is -0.385. The number of benzene rings is 2. The molecule has 0 aliphatic carbocycles. The molecule has 0 radical (unpaired) electrons. The van der Waals surface area contributed by atoms with Crippen molar-refractivity contribution >= 4 is 43.5 Å². The average Bonchev–Trinajstić information content (AvgIpc) is 2.35. The first kappa shape index (κ1) is 15.2. The molecule has 1 N–H and O–H groups in total. The van der Waals surface area contributed by atoms with Crippen molar-refractivity contribution in [2.24, 2.45) is 0 Å². The number of anilines is 1. The van der Waals surface area contributed by atoms with Crippen LogP contribution in [-0.2, 0) is 0 Å². The van der Waals surface area contributed by atoms with Gasteiger partial charge in [0, 0.05) is 14.6 Å².